The molecule has 0 spiro atoms. The number of aromatic nitrogens is 1. The van der Waals surface area contributed by atoms with Gasteiger partial charge in [-0.05, 0) is 91.5 Å². The number of methoxy groups -OCH3 is 1. The Morgan fingerprint density at radius 2 is 1.80 bits per heavy atom. The van der Waals surface area contributed by atoms with E-state index in [1.807, 2.05) is 24.3 Å². The number of benzene rings is 2. The predicted octanol–water partition coefficient (Wildman–Crippen LogP) is 7.21. The first-order valence-corrected chi connectivity index (χ1v) is 13.4. The summed E-state index contributed by atoms with van der Waals surface area (Å²) in [5.41, 5.74) is -1.71. The molecule has 3 aromatic rings. The van der Waals surface area contributed by atoms with E-state index in [1.165, 1.54) is 0 Å². The van der Waals surface area contributed by atoms with E-state index in [0.717, 1.165) is 36.9 Å². The van der Waals surface area contributed by atoms with Crippen molar-refractivity contribution in [3.05, 3.63) is 78.0 Å². The minimum absolute atomic E-state index is 0.0475. The highest BCUT2D eigenvalue weighted by molar-refractivity contribution is 7.80. The maximum Gasteiger partial charge on any atom is 0.416 e. The van der Waals surface area contributed by atoms with Crippen LogP contribution in [-0.4, -0.2) is 41.2 Å². The van der Waals surface area contributed by atoms with Gasteiger partial charge in [-0.25, -0.2) is 0 Å². The molecule has 0 radical (unpaired) electrons. The smallest absolute Gasteiger partial charge is 0.416 e. The van der Waals surface area contributed by atoms with Crippen molar-refractivity contribution in [1.29, 1.82) is 0 Å². The van der Waals surface area contributed by atoms with E-state index in [1.54, 1.807) is 19.4 Å². The number of nitrogens with one attached hydrogen (secondary N) is 2. The Labute approximate surface area is 238 Å². The Morgan fingerprint density at radius 3 is 2.39 bits per heavy atom. The first-order valence-electron chi connectivity index (χ1n) is 13.0. The average molecular weight is 595 g/mol. The number of piperidine rings is 3. The normalized spacial score (nSPS) is 23.2. The van der Waals surface area contributed by atoms with E-state index in [9.17, 15) is 26.3 Å². The molecule has 4 unspecified atom stereocenters. The van der Waals surface area contributed by atoms with Crippen molar-refractivity contribution in [3.8, 4) is 5.75 Å². The summed E-state index contributed by atoms with van der Waals surface area (Å²) in [6.45, 7) is 5.63. The molecule has 218 valence electrons. The van der Waals surface area contributed by atoms with Crippen LogP contribution in [0.5, 0.6) is 5.75 Å². The Hall–Kier alpha value is -3.38. The monoisotopic (exact) mass is 594 g/mol. The maximum absolute atomic E-state index is 13.4. The van der Waals surface area contributed by atoms with E-state index in [-0.39, 0.29) is 17.2 Å². The lowest BCUT2D eigenvalue weighted by Crippen LogP contribution is -2.57. The summed E-state index contributed by atoms with van der Waals surface area (Å²) in [5.74, 6) is 1.35. The number of pyridine rings is 1. The number of anilines is 1. The van der Waals surface area contributed by atoms with Crippen LogP contribution in [0.1, 0.15) is 35.6 Å². The quantitative estimate of drug-likeness (QED) is 0.179. The van der Waals surface area contributed by atoms with E-state index >= 15 is 0 Å². The molecule has 5 nitrogen and oxygen atoms in total. The van der Waals surface area contributed by atoms with Gasteiger partial charge in [-0.1, -0.05) is 6.08 Å². The van der Waals surface area contributed by atoms with Gasteiger partial charge < -0.3 is 15.4 Å². The number of ether oxygens (including phenoxy) is 1. The highest BCUT2D eigenvalue weighted by atomic mass is 32.1. The summed E-state index contributed by atoms with van der Waals surface area (Å²) >= 11 is 5.50. The predicted molar refractivity (Wildman–Crippen MR) is 149 cm³/mol. The lowest BCUT2D eigenvalue weighted by molar-refractivity contribution is -0.143. The van der Waals surface area contributed by atoms with E-state index in [0.29, 0.717) is 35.2 Å². The topological polar surface area (TPSA) is 49.4 Å². The summed E-state index contributed by atoms with van der Waals surface area (Å²) in [5, 5.41) is 6.52. The van der Waals surface area contributed by atoms with Gasteiger partial charge >= 0.3 is 12.4 Å². The summed E-state index contributed by atoms with van der Waals surface area (Å²) in [4.78, 5) is 6.80. The zero-order chi connectivity index (χ0) is 29.5. The van der Waals surface area contributed by atoms with E-state index in [2.05, 4.69) is 27.1 Å². The number of fused-ring (bicyclic) bond motifs is 4. The molecule has 2 N–H and O–H groups in total. The van der Waals surface area contributed by atoms with Gasteiger partial charge in [0.1, 0.15) is 5.75 Å². The lowest BCUT2D eigenvalue weighted by Gasteiger charge is -2.52. The van der Waals surface area contributed by atoms with Gasteiger partial charge in [0, 0.05) is 29.9 Å². The summed E-state index contributed by atoms with van der Waals surface area (Å²) in [6, 6.07) is 8.15. The summed E-state index contributed by atoms with van der Waals surface area (Å²) in [7, 11) is 1.55. The fourth-order valence-electron chi connectivity index (χ4n) is 5.99. The lowest BCUT2D eigenvalue weighted by atomic mass is 9.73. The molecule has 3 aliphatic rings. The maximum atomic E-state index is 13.4. The average Bonchev–Trinajstić information content (AvgIpc) is 2.94. The number of nitrogens with zero attached hydrogens (tertiary/aromatic N) is 2. The number of rotatable bonds is 6. The molecule has 0 aliphatic carbocycles. The number of hydrogen-bond donors (Lipinski definition) is 2. The molecule has 2 bridgehead atoms. The highest BCUT2D eigenvalue weighted by Crippen LogP contribution is 2.43. The molecule has 12 heteroatoms. The Balaban J connectivity index is 1.51. The van der Waals surface area contributed by atoms with Gasteiger partial charge in [-0.3, -0.25) is 9.88 Å². The Bertz CT molecular complexity index is 1430. The van der Waals surface area contributed by atoms with Gasteiger partial charge in [0.25, 0.3) is 0 Å². The van der Waals surface area contributed by atoms with Crippen LogP contribution in [0, 0.1) is 11.8 Å². The van der Waals surface area contributed by atoms with Crippen LogP contribution >= 0.6 is 12.2 Å². The number of alkyl halides is 6. The van der Waals surface area contributed by atoms with Crippen LogP contribution in [0.4, 0.5) is 32.0 Å². The summed E-state index contributed by atoms with van der Waals surface area (Å²) < 4.78 is 86.0. The first kappa shape index (κ1) is 29.1. The van der Waals surface area contributed by atoms with Crippen molar-refractivity contribution in [2.24, 2.45) is 11.8 Å². The minimum Gasteiger partial charge on any atom is -0.497 e. The Morgan fingerprint density at radius 1 is 1.10 bits per heavy atom. The molecule has 0 saturated carbocycles. The van der Waals surface area contributed by atoms with E-state index < -0.39 is 35.2 Å². The van der Waals surface area contributed by atoms with Crippen LogP contribution in [0.3, 0.4) is 0 Å². The van der Waals surface area contributed by atoms with Crippen molar-refractivity contribution < 1.29 is 31.1 Å². The molecule has 5 atom stereocenters. The summed E-state index contributed by atoms with van der Waals surface area (Å²) in [6.07, 6.45) is -4.48. The first-order chi connectivity index (χ1) is 19.4. The molecule has 6 rings (SSSR count). The number of halogens is 6. The van der Waals surface area contributed by atoms with Crippen molar-refractivity contribution in [2.45, 2.75) is 37.3 Å². The van der Waals surface area contributed by atoms with Crippen molar-refractivity contribution in [3.63, 3.8) is 0 Å². The van der Waals surface area contributed by atoms with Crippen molar-refractivity contribution in [1.82, 2.24) is 15.2 Å². The minimum atomic E-state index is -4.97. The Kier molecular flexibility index (Phi) is 7.90. The van der Waals surface area contributed by atoms with E-state index in [4.69, 9.17) is 17.0 Å². The second-order valence-corrected chi connectivity index (χ2v) is 10.8. The van der Waals surface area contributed by atoms with Crippen LogP contribution in [0.25, 0.3) is 10.9 Å². The van der Waals surface area contributed by atoms with Crippen molar-refractivity contribution in [2.75, 3.05) is 25.5 Å². The third kappa shape index (κ3) is 6.13. The van der Waals surface area contributed by atoms with Crippen LogP contribution in [0.15, 0.2) is 61.3 Å². The molecule has 3 saturated heterocycles. The zero-order valence-corrected chi connectivity index (χ0v) is 22.8. The molecule has 2 aromatic carbocycles. The third-order valence-corrected chi connectivity index (χ3v) is 8.21. The molecule has 3 aliphatic heterocycles. The van der Waals surface area contributed by atoms with Gasteiger partial charge in [0.05, 0.1) is 29.8 Å². The SMILES string of the molecule is C=CC1CN2CCC1C[C@@H]2C(NC(=S)Nc1cc(C(F)(F)F)cc(C(F)(F)F)c1)c1ccnc2ccc(OC)cc12. The molecular formula is C29H28F6N4OS. The molecule has 0 amide bonds. The molecule has 4 heterocycles. The molecule has 3 fully saturated rings. The molecule has 41 heavy (non-hydrogen) atoms. The zero-order valence-electron chi connectivity index (χ0n) is 22.0. The molecular weight excluding hydrogens is 566 g/mol. The van der Waals surface area contributed by atoms with Crippen LogP contribution < -0.4 is 15.4 Å². The number of hydrogen-bond acceptors (Lipinski definition) is 4. The highest BCUT2D eigenvalue weighted by Gasteiger charge is 2.43. The van der Waals surface area contributed by atoms with Gasteiger partial charge in [-0.2, -0.15) is 26.3 Å². The van der Waals surface area contributed by atoms with Gasteiger partial charge in [0.2, 0.25) is 0 Å². The fourth-order valence-corrected chi connectivity index (χ4v) is 6.23. The van der Waals surface area contributed by atoms with Gasteiger partial charge in [-0.15, -0.1) is 6.58 Å². The largest absolute Gasteiger partial charge is 0.497 e. The second-order valence-electron chi connectivity index (χ2n) is 10.4. The van der Waals surface area contributed by atoms with Crippen LogP contribution in [0.2, 0.25) is 0 Å². The van der Waals surface area contributed by atoms with Crippen LogP contribution in [-0.2, 0) is 12.4 Å². The molecule has 1 aromatic heterocycles. The fraction of sp³-hybridized carbons (Fsp3) is 0.379. The number of thiocarbonyl (C=S) groups is 1. The van der Waals surface area contributed by atoms with Gasteiger partial charge in [0.15, 0.2) is 5.11 Å². The second kappa shape index (κ2) is 11.1. The third-order valence-electron chi connectivity index (χ3n) is 7.99. The van der Waals surface area contributed by atoms with Crippen molar-refractivity contribution >= 4 is 33.9 Å². The standard InChI is InChI=1S/C29H28F6N4OS/c1-3-16-15-39-9-7-17(16)10-25(39)26(22-6-8-36-24-5-4-21(40-2)14-23(22)24)38-27(41)37-20-12-18(28(30,31)32)11-19(13-20)29(33,34)35/h3-6,8,11-14,16-17,25-26H,1,7,9-10,15H2,2H3,(H2,37,38,41)/t16?,17?,25-,26?/m1/s1.